The van der Waals surface area contributed by atoms with Crippen molar-refractivity contribution in [2.24, 2.45) is 5.73 Å². The fraction of sp³-hybridized carbons (Fsp3) is 0.364. The van der Waals surface area contributed by atoms with E-state index in [-0.39, 0.29) is 12.1 Å². The van der Waals surface area contributed by atoms with Crippen LogP contribution >= 0.6 is 0 Å². The molecule has 0 radical (unpaired) electrons. The molecule has 1 rings (SSSR count). The van der Waals surface area contributed by atoms with Crippen molar-refractivity contribution in [1.29, 1.82) is 0 Å². The van der Waals surface area contributed by atoms with Gasteiger partial charge in [-0.3, -0.25) is 14.9 Å². The zero-order valence-electron chi connectivity index (χ0n) is 9.67. The first-order chi connectivity index (χ1) is 7.97. The molecule has 0 aliphatic heterocycles. The van der Waals surface area contributed by atoms with Crippen LogP contribution in [0.15, 0.2) is 18.2 Å². The van der Waals surface area contributed by atoms with Crippen molar-refractivity contribution in [3.8, 4) is 0 Å². The monoisotopic (exact) mass is 238 g/mol. The van der Waals surface area contributed by atoms with Crippen molar-refractivity contribution in [3.05, 3.63) is 39.4 Å². The minimum atomic E-state index is -0.805. The SMILES string of the molecule is COC(=O)[C@@H](N)Cc1cccc([N+](=O)[O-])c1C. The first kappa shape index (κ1) is 13.1. The van der Waals surface area contributed by atoms with Crippen LogP contribution in [0, 0.1) is 17.0 Å². The largest absolute Gasteiger partial charge is 0.468 e. The number of nitrogens with zero attached hydrogens (tertiary/aromatic N) is 1. The smallest absolute Gasteiger partial charge is 0.322 e. The third-order valence-electron chi connectivity index (χ3n) is 2.56. The summed E-state index contributed by atoms with van der Waals surface area (Å²) in [4.78, 5) is 21.4. The van der Waals surface area contributed by atoms with Crippen LogP contribution in [0.3, 0.4) is 0 Å². The lowest BCUT2D eigenvalue weighted by atomic mass is 10.0. The van der Waals surface area contributed by atoms with Crippen LogP contribution in [0.25, 0.3) is 0 Å². The van der Waals surface area contributed by atoms with Crippen LogP contribution in [-0.4, -0.2) is 24.0 Å². The van der Waals surface area contributed by atoms with Crippen molar-refractivity contribution in [2.75, 3.05) is 7.11 Å². The quantitative estimate of drug-likeness (QED) is 0.478. The molecule has 0 aliphatic rings. The Kier molecular flexibility index (Phi) is 4.17. The summed E-state index contributed by atoms with van der Waals surface area (Å²) >= 11 is 0. The minimum Gasteiger partial charge on any atom is -0.468 e. The minimum absolute atomic E-state index is 0.0274. The van der Waals surface area contributed by atoms with Crippen molar-refractivity contribution in [2.45, 2.75) is 19.4 Å². The summed E-state index contributed by atoms with van der Waals surface area (Å²) in [6.45, 7) is 1.64. The highest BCUT2D eigenvalue weighted by atomic mass is 16.6. The van der Waals surface area contributed by atoms with Gasteiger partial charge in [-0.2, -0.15) is 0 Å². The number of nitrogens with two attached hydrogens (primary N) is 1. The molecule has 6 heteroatoms. The fourth-order valence-electron chi connectivity index (χ4n) is 1.56. The van der Waals surface area contributed by atoms with Crippen molar-refractivity contribution >= 4 is 11.7 Å². The molecule has 0 aliphatic carbocycles. The van der Waals surface area contributed by atoms with Gasteiger partial charge in [0.2, 0.25) is 0 Å². The molecule has 0 unspecified atom stereocenters. The van der Waals surface area contributed by atoms with Gasteiger partial charge in [0.1, 0.15) is 6.04 Å². The average Bonchev–Trinajstić information content (AvgIpc) is 2.30. The highest BCUT2D eigenvalue weighted by molar-refractivity contribution is 5.75. The summed E-state index contributed by atoms with van der Waals surface area (Å²) in [5, 5.41) is 10.7. The first-order valence-corrected chi connectivity index (χ1v) is 5.03. The number of carbonyl (C=O) groups excluding carboxylic acids is 1. The van der Waals surface area contributed by atoms with E-state index in [2.05, 4.69) is 4.74 Å². The van der Waals surface area contributed by atoms with E-state index in [4.69, 9.17) is 5.73 Å². The summed E-state index contributed by atoms with van der Waals surface area (Å²) in [7, 11) is 1.25. The molecule has 0 aromatic heterocycles. The van der Waals surface area contributed by atoms with Crippen LogP contribution in [0.5, 0.6) is 0 Å². The number of esters is 1. The summed E-state index contributed by atoms with van der Waals surface area (Å²) in [5.74, 6) is -0.532. The van der Waals surface area contributed by atoms with Crippen LogP contribution in [0.1, 0.15) is 11.1 Å². The Morgan fingerprint density at radius 2 is 2.24 bits per heavy atom. The van der Waals surface area contributed by atoms with E-state index < -0.39 is 16.9 Å². The third kappa shape index (κ3) is 3.01. The molecule has 17 heavy (non-hydrogen) atoms. The molecule has 92 valence electrons. The van der Waals surface area contributed by atoms with Crippen molar-refractivity contribution in [3.63, 3.8) is 0 Å². The maximum atomic E-state index is 11.2. The van der Waals surface area contributed by atoms with Gasteiger partial charge in [-0.15, -0.1) is 0 Å². The van der Waals surface area contributed by atoms with Crippen molar-refractivity contribution < 1.29 is 14.5 Å². The average molecular weight is 238 g/mol. The van der Waals surface area contributed by atoms with E-state index in [1.807, 2.05) is 0 Å². The van der Waals surface area contributed by atoms with Gasteiger partial charge < -0.3 is 10.5 Å². The molecule has 0 amide bonds. The Balaban J connectivity index is 2.96. The van der Waals surface area contributed by atoms with Gasteiger partial charge in [0.15, 0.2) is 0 Å². The Bertz CT molecular complexity index is 445. The second kappa shape index (κ2) is 5.40. The number of nitro benzene ring substituents is 1. The highest BCUT2D eigenvalue weighted by Gasteiger charge is 2.19. The fourth-order valence-corrected chi connectivity index (χ4v) is 1.56. The zero-order valence-corrected chi connectivity index (χ0v) is 9.67. The maximum Gasteiger partial charge on any atom is 0.322 e. The Hall–Kier alpha value is -1.95. The van der Waals surface area contributed by atoms with Crippen LogP contribution in [0.4, 0.5) is 5.69 Å². The summed E-state index contributed by atoms with van der Waals surface area (Å²) < 4.78 is 4.50. The number of ether oxygens (including phenoxy) is 1. The molecule has 1 atom stereocenters. The lowest BCUT2D eigenvalue weighted by Crippen LogP contribution is -2.33. The van der Waals surface area contributed by atoms with E-state index in [1.165, 1.54) is 13.2 Å². The number of carbonyl (C=O) groups is 1. The predicted octanol–water partition coefficient (Wildman–Crippen LogP) is 0.946. The number of rotatable bonds is 4. The zero-order chi connectivity index (χ0) is 13.0. The van der Waals surface area contributed by atoms with E-state index in [0.717, 1.165) is 0 Å². The molecular formula is C11H14N2O4. The normalized spacial score (nSPS) is 11.9. The third-order valence-corrected chi connectivity index (χ3v) is 2.56. The summed E-state index contributed by atoms with van der Waals surface area (Å²) in [5.41, 5.74) is 6.84. The van der Waals surface area contributed by atoms with E-state index >= 15 is 0 Å². The van der Waals surface area contributed by atoms with Gasteiger partial charge in [0.05, 0.1) is 12.0 Å². The second-order valence-corrected chi connectivity index (χ2v) is 3.65. The van der Waals surface area contributed by atoms with Gasteiger partial charge in [0, 0.05) is 11.6 Å². The second-order valence-electron chi connectivity index (χ2n) is 3.65. The molecular weight excluding hydrogens is 224 g/mol. The Morgan fingerprint density at radius 3 is 2.76 bits per heavy atom. The van der Waals surface area contributed by atoms with E-state index in [1.54, 1.807) is 19.1 Å². The molecule has 0 spiro atoms. The van der Waals surface area contributed by atoms with Crippen molar-refractivity contribution in [1.82, 2.24) is 0 Å². The molecule has 6 nitrogen and oxygen atoms in total. The number of methoxy groups -OCH3 is 1. The van der Waals surface area contributed by atoms with E-state index in [0.29, 0.717) is 11.1 Å². The highest BCUT2D eigenvalue weighted by Crippen LogP contribution is 2.21. The van der Waals surface area contributed by atoms with Gasteiger partial charge in [-0.1, -0.05) is 12.1 Å². The van der Waals surface area contributed by atoms with Gasteiger partial charge in [-0.25, -0.2) is 0 Å². The molecule has 2 N–H and O–H groups in total. The van der Waals surface area contributed by atoms with Crippen LogP contribution in [0.2, 0.25) is 0 Å². The lowest BCUT2D eigenvalue weighted by Gasteiger charge is -2.11. The summed E-state index contributed by atoms with van der Waals surface area (Å²) in [6, 6.07) is 3.90. The number of nitro groups is 1. The van der Waals surface area contributed by atoms with Gasteiger partial charge in [-0.05, 0) is 18.9 Å². The molecule has 1 aromatic carbocycles. The Morgan fingerprint density at radius 1 is 1.59 bits per heavy atom. The first-order valence-electron chi connectivity index (χ1n) is 5.03. The molecule has 0 saturated carbocycles. The lowest BCUT2D eigenvalue weighted by molar-refractivity contribution is -0.385. The topological polar surface area (TPSA) is 95.5 Å². The van der Waals surface area contributed by atoms with Gasteiger partial charge >= 0.3 is 5.97 Å². The maximum absolute atomic E-state index is 11.2. The molecule has 0 fully saturated rings. The van der Waals surface area contributed by atoms with Crippen LogP contribution in [-0.2, 0) is 16.0 Å². The summed E-state index contributed by atoms with van der Waals surface area (Å²) in [6.07, 6.45) is 0.222. The molecule has 0 heterocycles. The molecule has 1 aromatic rings. The standard InChI is InChI=1S/C11H14N2O4/c1-7-8(6-9(12)11(14)17-2)4-3-5-10(7)13(15)16/h3-5,9H,6,12H2,1-2H3/t9-/m0/s1. The van der Waals surface area contributed by atoms with E-state index in [9.17, 15) is 14.9 Å². The van der Waals surface area contributed by atoms with Gasteiger partial charge in [0.25, 0.3) is 5.69 Å². The number of hydrogen-bond donors (Lipinski definition) is 1. The molecule has 0 saturated heterocycles. The predicted molar refractivity (Wildman–Crippen MR) is 61.5 cm³/mol. The number of benzene rings is 1. The number of hydrogen-bond acceptors (Lipinski definition) is 5. The van der Waals surface area contributed by atoms with Crippen LogP contribution < -0.4 is 5.73 Å². The Labute approximate surface area is 98.5 Å². The molecule has 0 bridgehead atoms.